The number of alkyl halides is 3. The SMILES string of the molecule is CCC(C)N(Cc1cccn1Cc1ccccc1Cl)C(=O)c1ccc(C(F)(F)F)cc1. The van der Waals surface area contributed by atoms with Crippen molar-refractivity contribution in [3.05, 3.63) is 94.3 Å². The number of amides is 1. The van der Waals surface area contributed by atoms with Crippen LogP contribution in [0.2, 0.25) is 5.02 Å². The average molecular weight is 449 g/mol. The molecule has 1 amide bonds. The van der Waals surface area contributed by atoms with Crippen LogP contribution in [0.25, 0.3) is 0 Å². The fourth-order valence-corrected chi connectivity index (χ4v) is 3.54. The minimum absolute atomic E-state index is 0.0848. The second-order valence-corrected chi connectivity index (χ2v) is 7.89. The Morgan fingerprint density at radius 3 is 2.35 bits per heavy atom. The van der Waals surface area contributed by atoms with Crippen molar-refractivity contribution >= 4 is 17.5 Å². The molecule has 0 spiro atoms. The Balaban J connectivity index is 1.84. The largest absolute Gasteiger partial charge is 0.416 e. The monoisotopic (exact) mass is 448 g/mol. The van der Waals surface area contributed by atoms with E-state index in [1.807, 2.05) is 61.0 Å². The van der Waals surface area contributed by atoms with Gasteiger partial charge in [-0.05, 0) is 61.4 Å². The van der Waals surface area contributed by atoms with Crippen LogP contribution in [0.1, 0.15) is 47.4 Å². The van der Waals surface area contributed by atoms with Crippen molar-refractivity contribution in [3.8, 4) is 0 Å². The molecule has 1 heterocycles. The summed E-state index contributed by atoms with van der Waals surface area (Å²) in [4.78, 5) is 14.9. The standard InChI is InChI=1S/C24H24ClF3N2O/c1-3-17(2)30(23(31)18-10-12-20(13-11-18)24(26,27)28)16-21-8-6-14-29(21)15-19-7-4-5-9-22(19)25/h4-14,17H,3,15-16H2,1-2H3. The molecule has 3 rings (SSSR count). The van der Waals surface area contributed by atoms with Gasteiger partial charge in [-0.3, -0.25) is 4.79 Å². The van der Waals surface area contributed by atoms with Crippen LogP contribution in [0.3, 0.4) is 0 Å². The predicted molar refractivity (Wildman–Crippen MR) is 116 cm³/mol. The topological polar surface area (TPSA) is 25.2 Å². The van der Waals surface area contributed by atoms with Gasteiger partial charge >= 0.3 is 6.18 Å². The lowest BCUT2D eigenvalue weighted by Crippen LogP contribution is -2.38. The summed E-state index contributed by atoms with van der Waals surface area (Å²) in [5, 5.41) is 0.668. The smallest absolute Gasteiger partial charge is 0.345 e. The van der Waals surface area contributed by atoms with E-state index < -0.39 is 11.7 Å². The Morgan fingerprint density at radius 1 is 1.06 bits per heavy atom. The first-order chi connectivity index (χ1) is 14.7. The van der Waals surface area contributed by atoms with E-state index in [2.05, 4.69) is 0 Å². The molecule has 0 saturated carbocycles. The average Bonchev–Trinajstić information content (AvgIpc) is 3.18. The molecule has 0 aliphatic heterocycles. The van der Waals surface area contributed by atoms with Crippen LogP contribution in [0, 0.1) is 0 Å². The highest BCUT2D eigenvalue weighted by Crippen LogP contribution is 2.29. The summed E-state index contributed by atoms with van der Waals surface area (Å²) in [7, 11) is 0. The van der Waals surface area contributed by atoms with Crippen molar-refractivity contribution in [2.24, 2.45) is 0 Å². The number of halogens is 4. The third-order valence-corrected chi connectivity index (χ3v) is 5.77. The summed E-state index contributed by atoms with van der Waals surface area (Å²) < 4.78 is 40.6. The van der Waals surface area contributed by atoms with Crippen LogP contribution in [-0.2, 0) is 19.3 Å². The molecule has 0 radical (unpaired) electrons. The lowest BCUT2D eigenvalue weighted by Gasteiger charge is -2.29. The normalized spacial score (nSPS) is 12.6. The number of hydrogen-bond acceptors (Lipinski definition) is 1. The van der Waals surface area contributed by atoms with Gasteiger partial charge in [0, 0.05) is 35.1 Å². The number of rotatable bonds is 7. The molecule has 31 heavy (non-hydrogen) atoms. The molecule has 0 N–H and O–H groups in total. The number of benzene rings is 2. The highest BCUT2D eigenvalue weighted by atomic mass is 35.5. The second kappa shape index (κ2) is 9.60. The van der Waals surface area contributed by atoms with Crippen molar-refractivity contribution in [2.75, 3.05) is 0 Å². The van der Waals surface area contributed by atoms with Crippen LogP contribution in [0.5, 0.6) is 0 Å². The maximum atomic E-state index is 13.2. The molecular formula is C24H24ClF3N2O. The van der Waals surface area contributed by atoms with Gasteiger partial charge in [-0.25, -0.2) is 0 Å². The van der Waals surface area contributed by atoms with Gasteiger partial charge in [-0.1, -0.05) is 36.7 Å². The van der Waals surface area contributed by atoms with E-state index >= 15 is 0 Å². The van der Waals surface area contributed by atoms with Gasteiger partial charge in [0.2, 0.25) is 0 Å². The summed E-state index contributed by atoms with van der Waals surface area (Å²) in [6.07, 6.45) is -1.79. The van der Waals surface area contributed by atoms with Gasteiger partial charge in [0.05, 0.1) is 12.1 Å². The molecule has 0 bridgehead atoms. The predicted octanol–water partition coefficient (Wildman–Crippen LogP) is 6.65. The number of aromatic nitrogens is 1. The molecule has 1 unspecified atom stereocenters. The summed E-state index contributed by atoms with van der Waals surface area (Å²) in [5.41, 5.74) is 1.34. The molecule has 0 aliphatic rings. The van der Waals surface area contributed by atoms with E-state index in [0.717, 1.165) is 29.8 Å². The lowest BCUT2D eigenvalue weighted by atomic mass is 10.1. The number of hydrogen-bond donors (Lipinski definition) is 0. The van der Waals surface area contributed by atoms with E-state index in [4.69, 9.17) is 11.6 Å². The van der Waals surface area contributed by atoms with Crippen LogP contribution in [0.4, 0.5) is 13.2 Å². The highest BCUT2D eigenvalue weighted by molar-refractivity contribution is 6.31. The third kappa shape index (κ3) is 5.50. The van der Waals surface area contributed by atoms with Gasteiger partial charge in [-0.15, -0.1) is 0 Å². The molecular weight excluding hydrogens is 425 g/mol. The van der Waals surface area contributed by atoms with E-state index in [9.17, 15) is 18.0 Å². The first kappa shape index (κ1) is 22.9. The summed E-state index contributed by atoms with van der Waals surface area (Å²) in [6.45, 7) is 4.81. The summed E-state index contributed by atoms with van der Waals surface area (Å²) in [5.74, 6) is -0.298. The van der Waals surface area contributed by atoms with Gasteiger partial charge in [0.15, 0.2) is 0 Å². The van der Waals surface area contributed by atoms with Crippen molar-refractivity contribution in [2.45, 2.75) is 45.6 Å². The number of nitrogens with zero attached hydrogens (tertiary/aromatic N) is 2. The molecule has 3 nitrogen and oxygen atoms in total. The maximum absolute atomic E-state index is 13.2. The number of carbonyl (C=O) groups excluding carboxylic acids is 1. The van der Waals surface area contributed by atoms with E-state index in [-0.39, 0.29) is 17.5 Å². The highest BCUT2D eigenvalue weighted by Gasteiger charge is 2.31. The molecule has 2 aromatic carbocycles. The Bertz CT molecular complexity index is 1030. The Morgan fingerprint density at radius 2 is 1.74 bits per heavy atom. The quantitative estimate of drug-likeness (QED) is 0.397. The van der Waals surface area contributed by atoms with E-state index in [1.54, 1.807) is 4.90 Å². The number of carbonyl (C=O) groups is 1. The first-order valence-electron chi connectivity index (χ1n) is 10.1. The summed E-state index contributed by atoms with van der Waals surface area (Å²) >= 11 is 6.29. The molecule has 164 valence electrons. The molecule has 0 aliphatic carbocycles. The minimum atomic E-state index is -4.43. The molecule has 0 saturated heterocycles. The fraction of sp³-hybridized carbons (Fsp3) is 0.292. The van der Waals surface area contributed by atoms with E-state index in [1.165, 1.54) is 12.1 Å². The van der Waals surface area contributed by atoms with Crippen LogP contribution >= 0.6 is 11.6 Å². The van der Waals surface area contributed by atoms with Crippen LogP contribution < -0.4 is 0 Å². The molecule has 1 aromatic heterocycles. The molecule has 0 fully saturated rings. The van der Waals surface area contributed by atoms with Crippen LogP contribution in [0.15, 0.2) is 66.9 Å². The van der Waals surface area contributed by atoms with E-state index in [0.29, 0.717) is 18.1 Å². The zero-order valence-corrected chi connectivity index (χ0v) is 18.1. The third-order valence-electron chi connectivity index (χ3n) is 5.40. The Kier molecular flexibility index (Phi) is 7.11. The first-order valence-corrected chi connectivity index (χ1v) is 10.4. The Labute approximate surface area is 185 Å². The molecule has 1 atom stereocenters. The van der Waals surface area contributed by atoms with Gasteiger partial charge in [-0.2, -0.15) is 13.2 Å². The van der Waals surface area contributed by atoms with Crippen molar-refractivity contribution in [3.63, 3.8) is 0 Å². The maximum Gasteiger partial charge on any atom is 0.416 e. The van der Waals surface area contributed by atoms with Crippen molar-refractivity contribution < 1.29 is 18.0 Å². The summed E-state index contributed by atoms with van der Waals surface area (Å²) in [6, 6.07) is 15.7. The van der Waals surface area contributed by atoms with Gasteiger partial charge in [0.25, 0.3) is 5.91 Å². The van der Waals surface area contributed by atoms with Crippen molar-refractivity contribution in [1.29, 1.82) is 0 Å². The lowest BCUT2D eigenvalue weighted by molar-refractivity contribution is -0.137. The molecule has 3 aromatic rings. The fourth-order valence-electron chi connectivity index (χ4n) is 3.35. The Hall–Kier alpha value is -2.73. The van der Waals surface area contributed by atoms with Crippen LogP contribution in [-0.4, -0.2) is 21.4 Å². The zero-order valence-electron chi connectivity index (χ0n) is 17.4. The van der Waals surface area contributed by atoms with Crippen molar-refractivity contribution in [1.82, 2.24) is 9.47 Å². The van der Waals surface area contributed by atoms with Gasteiger partial charge < -0.3 is 9.47 Å². The van der Waals surface area contributed by atoms with Gasteiger partial charge in [0.1, 0.15) is 0 Å². The minimum Gasteiger partial charge on any atom is -0.345 e. The second-order valence-electron chi connectivity index (χ2n) is 7.48. The zero-order chi connectivity index (χ0) is 22.6. The molecule has 7 heteroatoms.